The highest BCUT2D eigenvalue weighted by molar-refractivity contribution is 9.10. The van der Waals surface area contributed by atoms with Crippen molar-refractivity contribution in [2.24, 2.45) is 0 Å². The summed E-state index contributed by atoms with van der Waals surface area (Å²) in [4.78, 5) is 13.2. The van der Waals surface area contributed by atoms with Crippen LogP contribution >= 0.6 is 27.5 Å². The van der Waals surface area contributed by atoms with Crippen molar-refractivity contribution in [1.29, 1.82) is 0 Å². The zero-order chi connectivity index (χ0) is 12.6. The van der Waals surface area contributed by atoms with Gasteiger partial charge in [-0.05, 0) is 34.5 Å². The molecule has 0 aromatic heterocycles. The first kappa shape index (κ1) is 12.8. The molecular formula is C11H9BrClF2NO. The summed E-state index contributed by atoms with van der Waals surface area (Å²) in [6.07, 6.45) is -0.717. The molecule has 2 rings (SSSR count). The summed E-state index contributed by atoms with van der Waals surface area (Å²) in [6, 6.07) is 2.40. The van der Waals surface area contributed by atoms with Gasteiger partial charge in [-0.25, -0.2) is 8.78 Å². The van der Waals surface area contributed by atoms with E-state index in [0.29, 0.717) is 17.4 Å². The summed E-state index contributed by atoms with van der Waals surface area (Å²) in [5.74, 6) is -1.18. The molecule has 17 heavy (non-hydrogen) atoms. The number of halogens is 4. The minimum absolute atomic E-state index is 0.0198. The van der Waals surface area contributed by atoms with Crippen LogP contribution in [0.15, 0.2) is 16.6 Å². The van der Waals surface area contributed by atoms with Crippen molar-refractivity contribution >= 4 is 33.4 Å². The highest BCUT2D eigenvalue weighted by Gasteiger charge is 2.28. The van der Waals surface area contributed by atoms with Gasteiger partial charge in [-0.3, -0.25) is 4.79 Å². The number of rotatable bonds is 1. The number of hydrogen-bond acceptors (Lipinski definition) is 1. The van der Waals surface area contributed by atoms with E-state index in [1.807, 2.05) is 0 Å². The van der Waals surface area contributed by atoms with Crippen molar-refractivity contribution < 1.29 is 13.6 Å². The maximum atomic E-state index is 13.6. The van der Waals surface area contributed by atoms with Crippen molar-refractivity contribution in [2.45, 2.75) is 12.6 Å². The van der Waals surface area contributed by atoms with Gasteiger partial charge in [0.15, 0.2) is 0 Å². The highest BCUT2D eigenvalue weighted by atomic mass is 79.9. The van der Waals surface area contributed by atoms with E-state index in [1.54, 1.807) is 0 Å². The topological polar surface area (TPSA) is 20.3 Å². The molecule has 1 fully saturated rings. The lowest BCUT2D eigenvalue weighted by molar-refractivity contribution is 0.0778. The highest BCUT2D eigenvalue weighted by Crippen LogP contribution is 2.27. The lowest BCUT2D eigenvalue weighted by Gasteiger charge is -2.16. The number of amides is 1. The van der Waals surface area contributed by atoms with E-state index in [-0.39, 0.29) is 17.1 Å². The molecule has 2 nitrogen and oxygen atoms in total. The molecule has 1 aliphatic heterocycles. The largest absolute Gasteiger partial charge is 0.336 e. The Kier molecular flexibility index (Phi) is 3.68. The third kappa shape index (κ3) is 2.60. The Morgan fingerprint density at radius 2 is 2.24 bits per heavy atom. The molecule has 1 amide bonds. The van der Waals surface area contributed by atoms with Crippen LogP contribution in [0.2, 0.25) is 5.02 Å². The Morgan fingerprint density at radius 3 is 2.82 bits per heavy atom. The van der Waals surface area contributed by atoms with Gasteiger partial charge in [-0.2, -0.15) is 0 Å². The van der Waals surface area contributed by atoms with E-state index in [0.717, 1.165) is 6.07 Å². The predicted octanol–water partition coefficient (Wildman–Crippen LogP) is 3.43. The fourth-order valence-corrected chi connectivity index (χ4v) is 2.24. The number of benzene rings is 1. The van der Waals surface area contributed by atoms with E-state index in [9.17, 15) is 13.6 Å². The average molecular weight is 325 g/mol. The molecule has 0 N–H and O–H groups in total. The Morgan fingerprint density at radius 1 is 1.53 bits per heavy atom. The summed E-state index contributed by atoms with van der Waals surface area (Å²) >= 11 is 8.87. The molecule has 1 aliphatic rings. The molecule has 0 bridgehead atoms. The minimum atomic E-state index is -1.02. The molecule has 1 heterocycles. The second-order valence-electron chi connectivity index (χ2n) is 3.88. The normalized spacial score (nSPS) is 19.8. The van der Waals surface area contributed by atoms with Crippen LogP contribution in [-0.2, 0) is 0 Å². The Balaban J connectivity index is 2.28. The molecule has 0 radical (unpaired) electrons. The number of alkyl halides is 1. The summed E-state index contributed by atoms with van der Waals surface area (Å²) in [7, 11) is 0. The van der Waals surface area contributed by atoms with Crippen molar-refractivity contribution in [3.8, 4) is 0 Å². The molecule has 0 aliphatic carbocycles. The van der Waals surface area contributed by atoms with Gasteiger partial charge in [-0.1, -0.05) is 11.6 Å². The Bertz CT molecular complexity index is 469. The summed E-state index contributed by atoms with van der Waals surface area (Å²) in [5, 5.41) is 0.255. The number of nitrogens with zero attached hydrogens (tertiary/aromatic N) is 1. The van der Waals surface area contributed by atoms with Crippen LogP contribution in [0.4, 0.5) is 8.78 Å². The molecule has 1 atom stereocenters. The average Bonchev–Trinajstić information content (AvgIpc) is 2.69. The maximum Gasteiger partial charge on any atom is 0.256 e. The Hall–Kier alpha value is -0.680. The third-order valence-electron chi connectivity index (χ3n) is 2.66. The van der Waals surface area contributed by atoms with Crippen LogP contribution in [0.5, 0.6) is 0 Å². The quantitative estimate of drug-likeness (QED) is 0.725. The lowest BCUT2D eigenvalue weighted by atomic mass is 10.2. The monoisotopic (exact) mass is 323 g/mol. The van der Waals surface area contributed by atoms with E-state index >= 15 is 0 Å². The van der Waals surface area contributed by atoms with Crippen LogP contribution in [-0.4, -0.2) is 30.1 Å². The van der Waals surface area contributed by atoms with E-state index < -0.39 is 17.9 Å². The SMILES string of the molecule is O=C(c1cc(Cl)c(Br)cc1F)N1CC[C@@H](F)C1. The van der Waals surface area contributed by atoms with E-state index in [2.05, 4.69) is 15.9 Å². The van der Waals surface area contributed by atoms with Crippen molar-refractivity contribution in [2.75, 3.05) is 13.1 Å². The summed E-state index contributed by atoms with van der Waals surface area (Å²) in [5.41, 5.74) is -0.118. The fraction of sp³-hybridized carbons (Fsp3) is 0.364. The fourth-order valence-electron chi connectivity index (χ4n) is 1.76. The van der Waals surface area contributed by atoms with Crippen LogP contribution in [0.25, 0.3) is 0 Å². The summed E-state index contributed by atoms with van der Waals surface area (Å²) in [6.45, 7) is 0.332. The molecule has 1 aromatic carbocycles. The molecule has 1 aromatic rings. The maximum absolute atomic E-state index is 13.6. The van der Waals surface area contributed by atoms with E-state index in [1.165, 1.54) is 11.0 Å². The van der Waals surface area contributed by atoms with E-state index in [4.69, 9.17) is 11.6 Å². The van der Waals surface area contributed by atoms with Crippen LogP contribution in [0, 0.1) is 5.82 Å². The van der Waals surface area contributed by atoms with Crippen molar-refractivity contribution in [3.05, 3.63) is 33.0 Å². The second-order valence-corrected chi connectivity index (χ2v) is 5.14. The lowest BCUT2D eigenvalue weighted by Crippen LogP contribution is -2.29. The number of carbonyl (C=O) groups is 1. The molecule has 0 spiro atoms. The number of hydrogen-bond donors (Lipinski definition) is 0. The van der Waals surface area contributed by atoms with Gasteiger partial charge in [0.05, 0.1) is 17.1 Å². The van der Waals surface area contributed by atoms with Crippen molar-refractivity contribution in [3.63, 3.8) is 0 Å². The van der Waals surface area contributed by atoms with Gasteiger partial charge >= 0.3 is 0 Å². The van der Waals surface area contributed by atoms with Gasteiger partial charge in [0.25, 0.3) is 5.91 Å². The smallest absolute Gasteiger partial charge is 0.256 e. The molecule has 1 saturated heterocycles. The first-order chi connectivity index (χ1) is 7.99. The van der Waals surface area contributed by atoms with Crippen LogP contribution in [0.1, 0.15) is 16.8 Å². The standard InChI is InChI=1S/C11H9BrClF2NO/c12-8-4-10(15)7(3-9(8)13)11(17)16-2-1-6(14)5-16/h3-4,6H,1-2,5H2/t6-/m1/s1. The number of carbonyl (C=O) groups excluding carboxylic acids is 1. The number of likely N-dealkylation sites (tertiary alicyclic amines) is 1. The van der Waals surface area contributed by atoms with Gasteiger partial charge in [0, 0.05) is 11.0 Å². The Labute approximate surface area is 111 Å². The second kappa shape index (κ2) is 4.90. The zero-order valence-corrected chi connectivity index (χ0v) is 11.1. The zero-order valence-electron chi connectivity index (χ0n) is 8.72. The minimum Gasteiger partial charge on any atom is -0.336 e. The first-order valence-corrected chi connectivity index (χ1v) is 6.24. The van der Waals surface area contributed by atoms with Crippen LogP contribution in [0.3, 0.4) is 0 Å². The van der Waals surface area contributed by atoms with Gasteiger partial charge in [-0.15, -0.1) is 0 Å². The third-order valence-corrected chi connectivity index (χ3v) is 3.86. The molecule has 0 unspecified atom stereocenters. The van der Waals surface area contributed by atoms with Crippen molar-refractivity contribution in [1.82, 2.24) is 4.90 Å². The molecule has 92 valence electrons. The van der Waals surface area contributed by atoms with Crippen LogP contribution < -0.4 is 0 Å². The predicted molar refractivity (Wildman–Crippen MR) is 64.5 cm³/mol. The molecule has 6 heteroatoms. The first-order valence-electron chi connectivity index (χ1n) is 5.07. The van der Waals surface area contributed by atoms with Gasteiger partial charge in [0.1, 0.15) is 12.0 Å². The van der Waals surface area contributed by atoms with Gasteiger partial charge in [0.2, 0.25) is 0 Å². The van der Waals surface area contributed by atoms with Gasteiger partial charge < -0.3 is 4.90 Å². The molecular weight excluding hydrogens is 315 g/mol. The molecule has 0 saturated carbocycles. The summed E-state index contributed by atoms with van der Waals surface area (Å²) < 4.78 is 27.0.